The third kappa shape index (κ3) is 4.90. The molecule has 4 aliphatic carbocycles. The smallest absolute Gasteiger partial charge is 0.293 e. The van der Waals surface area contributed by atoms with Crippen molar-refractivity contribution in [3.63, 3.8) is 0 Å². The summed E-state index contributed by atoms with van der Waals surface area (Å²) in [6.07, 6.45) is 7.65. The number of nitrogens with zero attached hydrogens (tertiary/aromatic N) is 1. The lowest BCUT2D eigenvalue weighted by Crippen LogP contribution is -2.49. The third-order valence-corrected chi connectivity index (χ3v) is 9.79. The van der Waals surface area contributed by atoms with Crippen LogP contribution in [0.15, 0.2) is 47.4 Å². The van der Waals surface area contributed by atoms with E-state index >= 15 is 0 Å². The molecule has 6 rings (SSSR count). The fourth-order valence-corrected chi connectivity index (χ4v) is 8.03. The van der Waals surface area contributed by atoms with Gasteiger partial charge in [-0.2, -0.15) is 0 Å². The second kappa shape index (κ2) is 8.81. The van der Waals surface area contributed by atoms with E-state index in [2.05, 4.69) is 32.6 Å². The third-order valence-electron chi connectivity index (χ3n) is 7.67. The van der Waals surface area contributed by atoms with Gasteiger partial charge in [-0.25, -0.2) is 13.1 Å². The molecule has 33 heavy (non-hydrogen) atoms. The Morgan fingerprint density at radius 2 is 1.61 bits per heavy atom. The van der Waals surface area contributed by atoms with Gasteiger partial charge in [0.15, 0.2) is 0 Å². The van der Waals surface area contributed by atoms with Gasteiger partial charge in [0, 0.05) is 22.7 Å². The van der Waals surface area contributed by atoms with E-state index in [0.29, 0.717) is 12.2 Å². The van der Waals surface area contributed by atoms with Gasteiger partial charge in [-0.15, -0.1) is 0 Å². The summed E-state index contributed by atoms with van der Waals surface area (Å²) < 4.78 is 29.2. The Labute approximate surface area is 208 Å². The normalized spacial score (nSPS) is 28.1. The van der Waals surface area contributed by atoms with Gasteiger partial charge in [-0.3, -0.25) is 10.1 Å². The Kier molecular flexibility index (Phi) is 6.15. The van der Waals surface area contributed by atoms with Gasteiger partial charge in [-0.1, -0.05) is 12.1 Å². The van der Waals surface area contributed by atoms with Crippen LogP contribution in [-0.4, -0.2) is 19.9 Å². The summed E-state index contributed by atoms with van der Waals surface area (Å²) in [5.74, 6) is 2.42. The molecule has 0 heterocycles. The average Bonchev–Trinajstić information content (AvgIpc) is 2.76. The zero-order valence-corrected chi connectivity index (χ0v) is 21.3. The van der Waals surface area contributed by atoms with Crippen LogP contribution in [0.2, 0.25) is 0 Å². The molecule has 9 heteroatoms. The van der Waals surface area contributed by atoms with Gasteiger partial charge in [0.25, 0.3) is 5.69 Å². The van der Waals surface area contributed by atoms with Crippen molar-refractivity contribution < 1.29 is 13.3 Å². The molecule has 7 nitrogen and oxygen atoms in total. The summed E-state index contributed by atoms with van der Waals surface area (Å²) in [6.45, 7) is 0.841. The molecular weight excluding hydrogens is 553 g/mol. The number of nitro benzene ring substituents is 1. The molecule has 4 aliphatic rings. The maximum absolute atomic E-state index is 12.8. The Morgan fingerprint density at radius 3 is 2.18 bits per heavy atom. The molecule has 2 N–H and O–H groups in total. The van der Waals surface area contributed by atoms with Gasteiger partial charge < -0.3 is 5.32 Å². The molecule has 0 spiro atoms. The van der Waals surface area contributed by atoms with Crippen molar-refractivity contribution in [3.05, 3.63) is 61.7 Å². The minimum atomic E-state index is -3.88. The highest BCUT2D eigenvalue weighted by Crippen LogP contribution is 2.60. The molecule has 0 saturated heterocycles. The first-order chi connectivity index (χ1) is 15.7. The lowest BCUT2D eigenvalue weighted by molar-refractivity contribution is -0.384. The van der Waals surface area contributed by atoms with Gasteiger partial charge in [0.2, 0.25) is 10.0 Å². The van der Waals surface area contributed by atoms with Crippen molar-refractivity contribution in [3.8, 4) is 0 Å². The zero-order chi connectivity index (χ0) is 23.2. The van der Waals surface area contributed by atoms with E-state index < -0.39 is 14.9 Å². The van der Waals surface area contributed by atoms with Gasteiger partial charge in [0.1, 0.15) is 5.69 Å². The first kappa shape index (κ1) is 23.0. The molecule has 0 radical (unpaired) electrons. The number of anilines is 1. The summed E-state index contributed by atoms with van der Waals surface area (Å²) >= 11 is 2.19. The van der Waals surface area contributed by atoms with Crippen LogP contribution in [0.25, 0.3) is 0 Å². The lowest BCUT2D eigenvalue weighted by Gasteiger charge is -2.57. The summed E-state index contributed by atoms with van der Waals surface area (Å²) in [7, 11) is -3.88. The number of sulfonamides is 1. The Bertz CT molecular complexity index is 1130. The molecule has 2 aromatic rings. The fourth-order valence-electron chi connectivity index (χ4n) is 6.63. The molecule has 4 saturated carbocycles. The minimum Gasteiger partial charge on any atom is -0.379 e. The van der Waals surface area contributed by atoms with Crippen molar-refractivity contribution in [2.45, 2.75) is 50.0 Å². The van der Waals surface area contributed by atoms with Crippen molar-refractivity contribution >= 4 is 44.0 Å². The van der Waals surface area contributed by atoms with E-state index in [1.165, 1.54) is 50.7 Å². The van der Waals surface area contributed by atoms with Crippen LogP contribution >= 0.6 is 22.6 Å². The summed E-state index contributed by atoms with van der Waals surface area (Å²) in [4.78, 5) is 11.2. The number of hydrogen-bond donors (Lipinski definition) is 2. The fraction of sp³-hybridized carbons (Fsp3) is 0.500. The molecule has 176 valence electrons. The highest BCUT2D eigenvalue weighted by Gasteiger charge is 2.50. The van der Waals surface area contributed by atoms with Crippen LogP contribution in [0.3, 0.4) is 0 Å². The van der Waals surface area contributed by atoms with Crippen LogP contribution in [0, 0.1) is 36.9 Å². The van der Waals surface area contributed by atoms with Gasteiger partial charge >= 0.3 is 0 Å². The predicted molar refractivity (Wildman–Crippen MR) is 135 cm³/mol. The van der Waals surface area contributed by atoms with Crippen LogP contribution < -0.4 is 10.0 Å². The van der Waals surface area contributed by atoms with Gasteiger partial charge in [0.05, 0.1) is 9.82 Å². The molecular formula is C24H28IN3O4S. The van der Waals surface area contributed by atoms with Crippen molar-refractivity contribution in [2.75, 3.05) is 11.9 Å². The summed E-state index contributed by atoms with van der Waals surface area (Å²) in [6, 6.07) is 11.7. The first-order valence-electron chi connectivity index (χ1n) is 11.5. The molecule has 0 amide bonds. The molecule has 2 aromatic carbocycles. The highest BCUT2D eigenvalue weighted by molar-refractivity contribution is 14.1. The Morgan fingerprint density at radius 1 is 1.00 bits per heavy atom. The number of benzene rings is 2. The van der Waals surface area contributed by atoms with Crippen LogP contribution in [-0.2, 0) is 16.6 Å². The molecule has 0 atom stereocenters. The quantitative estimate of drug-likeness (QED) is 0.250. The molecule has 4 fully saturated rings. The summed E-state index contributed by atoms with van der Waals surface area (Å²) in [5, 5.41) is 15.1. The Balaban J connectivity index is 1.30. The highest BCUT2D eigenvalue weighted by atomic mass is 127. The van der Waals surface area contributed by atoms with E-state index in [0.717, 1.165) is 33.0 Å². The van der Waals surface area contributed by atoms with Gasteiger partial charge in [-0.05, 0) is 114 Å². The molecule has 0 unspecified atom stereocenters. The standard InChI is InChI=1S/C24H28IN3O4S/c25-20-3-1-16(2-4-20)14-27-33(31,32)21-5-6-22(23(10-21)28(29)30)26-15-24-11-17-7-18(12-24)9-19(8-17)13-24/h1-6,10,17-19,26-27H,7-9,11-15H2. The van der Waals surface area contributed by atoms with Crippen molar-refractivity contribution in [1.82, 2.24) is 4.72 Å². The van der Waals surface area contributed by atoms with E-state index in [1.807, 2.05) is 24.3 Å². The zero-order valence-electron chi connectivity index (χ0n) is 18.3. The van der Waals surface area contributed by atoms with E-state index in [9.17, 15) is 18.5 Å². The number of nitrogens with one attached hydrogen (secondary N) is 2. The molecule has 4 bridgehead atoms. The lowest BCUT2D eigenvalue weighted by atomic mass is 9.49. The maximum Gasteiger partial charge on any atom is 0.293 e. The van der Waals surface area contributed by atoms with Crippen molar-refractivity contribution in [1.29, 1.82) is 0 Å². The minimum absolute atomic E-state index is 0.0972. The molecule has 0 aliphatic heterocycles. The maximum atomic E-state index is 12.8. The van der Waals surface area contributed by atoms with Crippen molar-refractivity contribution in [2.24, 2.45) is 23.2 Å². The first-order valence-corrected chi connectivity index (χ1v) is 14.0. The second-order valence-corrected chi connectivity index (χ2v) is 13.2. The average molecular weight is 581 g/mol. The predicted octanol–water partition coefficient (Wildman–Crippen LogP) is 5.31. The number of rotatable bonds is 8. The van der Waals surface area contributed by atoms with E-state index in [1.54, 1.807) is 0 Å². The molecule has 0 aromatic heterocycles. The topological polar surface area (TPSA) is 101 Å². The van der Waals surface area contributed by atoms with E-state index in [4.69, 9.17) is 0 Å². The van der Waals surface area contributed by atoms with Crippen LogP contribution in [0.4, 0.5) is 11.4 Å². The number of halogens is 1. The SMILES string of the molecule is O=[N+]([O-])c1cc(S(=O)(=O)NCc2ccc(I)cc2)ccc1NCC12CC3CC(CC(C3)C1)C2. The monoisotopic (exact) mass is 581 g/mol. The number of nitro groups is 1. The van der Waals surface area contributed by atoms with Crippen LogP contribution in [0.5, 0.6) is 0 Å². The Hall–Kier alpha value is -1.72. The number of hydrogen-bond acceptors (Lipinski definition) is 5. The largest absolute Gasteiger partial charge is 0.379 e. The van der Waals surface area contributed by atoms with E-state index in [-0.39, 0.29) is 22.5 Å². The second-order valence-electron chi connectivity index (χ2n) is 10.2. The van der Waals surface area contributed by atoms with Crippen LogP contribution in [0.1, 0.15) is 44.1 Å². The summed E-state index contributed by atoms with van der Waals surface area (Å²) in [5.41, 5.74) is 1.24.